The molecule has 0 unspecified atom stereocenters. The van der Waals surface area contributed by atoms with Gasteiger partial charge in [0, 0.05) is 32.0 Å². The van der Waals surface area contributed by atoms with Crippen molar-refractivity contribution in [2.75, 3.05) is 13.1 Å². The number of carbonyl (C=O) groups excluding carboxylic acids is 4. The molecule has 4 amide bonds. The summed E-state index contributed by atoms with van der Waals surface area (Å²) in [5, 5.41) is 5.98. The number of carbonyl (C=O) groups is 4. The van der Waals surface area contributed by atoms with Crippen LogP contribution in [0.15, 0.2) is 72.8 Å². The van der Waals surface area contributed by atoms with Crippen LogP contribution in [0.25, 0.3) is 0 Å². The minimum atomic E-state index is -0.826. The lowest BCUT2D eigenvalue weighted by molar-refractivity contribution is -0.146. The summed E-state index contributed by atoms with van der Waals surface area (Å²) in [5.74, 6) is -1.11. The Morgan fingerprint density at radius 2 is 1.46 bits per heavy atom. The van der Waals surface area contributed by atoms with E-state index in [1.165, 1.54) is 4.90 Å². The van der Waals surface area contributed by atoms with Gasteiger partial charge >= 0.3 is 0 Å². The zero-order valence-corrected chi connectivity index (χ0v) is 20.7. The van der Waals surface area contributed by atoms with Gasteiger partial charge in [-0.25, -0.2) is 0 Å². The predicted octanol–water partition coefficient (Wildman–Crippen LogP) is 1.60. The standard InChI is InChI=1S/C29H32N4O4/c34-26-19-22(17-20-9-3-1-4-10-20)30-27(35)24-13-7-15-32(24)29(37)25-14-8-16-33(25)28(36)23(31-26)18-21-11-5-2-6-12-21/h1-6,8-12,14,22-25H,7,13,15-19H2,(H,30,35)(H,31,34)/t22-,23-,24-,25-/m0/s1. The van der Waals surface area contributed by atoms with Crippen LogP contribution in [0.3, 0.4) is 0 Å². The highest BCUT2D eigenvalue weighted by Crippen LogP contribution is 2.24. The van der Waals surface area contributed by atoms with Crippen LogP contribution in [-0.2, 0) is 32.0 Å². The molecule has 2 saturated heterocycles. The summed E-state index contributed by atoms with van der Waals surface area (Å²) in [6.45, 7) is 0.759. The van der Waals surface area contributed by atoms with Gasteiger partial charge in [0.1, 0.15) is 18.1 Å². The third kappa shape index (κ3) is 5.58. The van der Waals surface area contributed by atoms with E-state index in [0.29, 0.717) is 32.2 Å². The largest absolute Gasteiger partial charge is 0.351 e. The molecule has 37 heavy (non-hydrogen) atoms. The smallest absolute Gasteiger partial charge is 0.250 e. The Kier molecular flexibility index (Phi) is 7.35. The van der Waals surface area contributed by atoms with Crippen molar-refractivity contribution in [1.82, 2.24) is 20.4 Å². The normalized spacial score (nSPS) is 26.5. The lowest BCUT2D eigenvalue weighted by Gasteiger charge is -2.32. The van der Waals surface area contributed by atoms with Gasteiger partial charge in [0.25, 0.3) is 0 Å². The van der Waals surface area contributed by atoms with E-state index in [9.17, 15) is 19.2 Å². The zero-order valence-electron chi connectivity index (χ0n) is 20.7. The van der Waals surface area contributed by atoms with Crippen molar-refractivity contribution in [3.8, 4) is 0 Å². The number of nitrogens with zero attached hydrogens (tertiary/aromatic N) is 2. The minimum absolute atomic E-state index is 0.0293. The second kappa shape index (κ2) is 11.0. The fraction of sp³-hybridized carbons (Fsp3) is 0.379. The quantitative estimate of drug-likeness (QED) is 0.623. The zero-order chi connectivity index (χ0) is 25.8. The van der Waals surface area contributed by atoms with Crippen LogP contribution in [0.4, 0.5) is 0 Å². The van der Waals surface area contributed by atoms with E-state index in [2.05, 4.69) is 10.6 Å². The van der Waals surface area contributed by atoms with E-state index in [1.807, 2.05) is 60.7 Å². The number of amides is 4. The van der Waals surface area contributed by atoms with E-state index in [0.717, 1.165) is 11.1 Å². The lowest BCUT2D eigenvalue weighted by Crippen LogP contribution is -2.56. The van der Waals surface area contributed by atoms with E-state index in [1.54, 1.807) is 17.1 Å². The summed E-state index contributed by atoms with van der Waals surface area (Å²) in [6, 6.07) is 16.5. The molecule has 8 nitrogen and oxygen atoms in total. The lowest BCUT2D eigenvalue weighted by atomic mass is 10.0. The van der Waals surface area contributed by atoms with Crippen molar-refractivity contribution in [2.24, 2.45) is 0 Å². The van der Waals surface area contributed by atoms with Gasteiger partial charge in [-0.1, -0.05) is 72.8 Å². The molecule has 0 aromatic heterocycles. The maximum atomic E-state index is 13.8. The van der Waals surface area contributed by atoms with Gasteiger partial charge in [-0.05, 0) is 30.4 Å². The average molecular weight is 501 g/mol. The van der Waals surface area contributed by atoms with Crippen LogP contribution in [0.2, 0.25) is 0 Å². The fourth-order valence-electron chi connectivity index (χ4n) is 5.53. The van der Waals surface area contributed by atoms with Gasteiger partial charge in [0.15, 0.2) is 0 Å². The SMILES string of the molecule is O=C1C[C@H](Cc2ccccc2)NC(=O)[C@@H]2CCCN2C(=O)[C@@H]2C=CCN2C(=O)[C@H](Cc2ccccc2)N1. The van der Waals surface area contributed by atoms with Crippen LogP contribution in [0.1, 0.15) is 30.4 Å². The summed E-state index contributed by atoms with van der Waals surface area (Å²) in [7, 11) is 0. The second-order valence-electron chi connectivity index (χ2n) is 9.96. The van der Waals surface area contributed by atoms with E-state index < -0.39 is 24.2 Å². The van der Waals surface area contributed by atoms with Gasteiger partial charge < -0.3 is 20.4 Å². The molecule has 4 atom stereocenters. The number of fused-ring (bicyclic) bond motifs is 2. The van der Waals surface area contributed by atoms with E-state index >= 15 is 0 Å². The van der Waals surface area contributed by atoms with Gasteiger partial charge in [-0.15, -0.1) is 0 Å². The topological polar surface area (TPSA) is 98.8 Å². The van der Waals surface area contributed by atoms with E-state index in [4.69, 9.17) is 0 Å². The number of hydrogen-bond acceptors (Lipinski definition) is 4. The Labute approximate surface area is 216 Å². The average Bonchev–Trinajstić information content (AvgIpc) is 3.59. The molecule has 192 valence electrons. The fourth-order valence-corrected chi connectivity index (χ4v) is 5.53. The molecule has 2 N–H and O–H groups in total. The predicted molar refractivity (Wildman–Crippen MR) is 138 cm³/mol. The number of nitrogens with one attached hydrogen (secondary N) is 2. The van der Waals surface area contributed by atoms with Crippen LogP contribution in [0, 0.1) is 0 Å². The number of hydrogen-bond donors (Lipinski definition) is 2. The monoisotopic (exact) mass is 500 g/mol. The molecule has 2 aromatic rings. The molecule has 0 radical (unpaired) electrons. The molecule has 5 rings (SSSR count). The summed E-state index contributed by atoms with van der Waals surface area (Å²) in [6.07, 6.45) is 5.61. The van der Waals surface area contributed by atoms with Crippen LogP contribution >= 0.6 is 0 Å². The van der Waals surface area contributed by atoms with E-state index in [-0.39, 0.29) is 36.6 Å². The van der Waals surface area contributed by atoms with Crippen molar-refractivity contribution in [3.63, 3.8) is 0 Å². The molecular weight excluding hydrogens is 468 g/mol. The third-order valence-electron chi connectivity index (χ3n) is 7.35. The molecule has 0 bridgehead atoms. The second-order valence-corrected chi connectivity index (χ2v) is 9.96. The van der Waals surface area contributed by atoms with Crippen LogP contribution in [-0.4, -0.2) is 70.7 Å². The Morgan fingerprint density at radius 3 is 2.16 bits per heavy atom. The van der Waals surface area contributed by atoms with Crippen LogP contribution < -0.4 is 10.6 Å². The minimum Gasteiger partial charge on any atom is -0.351 e. The Hall–Kier alpha value is -3.94. The van der Waals surface area contributed by atoms with Crippen molar-refractivity contribution >= 4 is 23.6 Å². The first-order valence-corrected chi connectivity index (χ1v) is 12.9. The first kappa shape index (κ1) is 24.7. The van der Waals surface area contributed by atoms with Crippen molar-refractivity contribution in [1.29, 1.82) is 0 Å². The highest BCUT2D eigenvalue weighted by Gasteiger charge is 2.42. The number of benzene rings is 2. The molecule has 3 aliphatic rings. The molecule has 8 heteroatoms. The Morgan fingerprint density at radius 1 is 0.784 bits per heavy atom. The first-order valence-electron chi connectivity index (χ1n) is 12.9. The van der Waals surface area contributed by atoms with Crippen molar-refractivity contribution < 1.29 is 19.2 Å². The maximum Gasteiger partial charge on any atom is 0.250 e. The maximum absolute atomic E-state index is 13.8. The Bertz CT molecular complexity index is 1180. The summed E-state index contributed by atoms with van der Waals surface area (Å²) >= 11 is 0. The van der Waals surface area contributed by atoms with Gasteiger partial charge in [-0.3, -0.25) is 19.2 Å². The van der Waals surface area contributed by atoms with Gasteiger partial charge in [0.2, 0.25) is 23.6 Å². The Balaban J connectivity index is 1.47. The first-order chi connectivity index (χ1) is 18.0. The molecule has 2 aromatic carbocycles. The van der Waals surface area contributed by atoms with Gasteiger partial charge in [0.05, 0.1) is 0 Å². The molecule has 3 aliphatic heterocycles. The molecule has 3 heterocycles. The van der Waals surface area contributed by atoms with Gasteiger partial charge in [-0.2, -0.15) is 0 Å². The molecular formula is C29H32N4O4. The van der Waals surface area contributed by atoms with Crippen molar-refractivity contribution in [2.45, 2.75) is 56.3 Å². The molecule has 0 aliphatic carbocycles. The molecule has 0 saturated carbocycles. The molecule has 2 fully saturated rings. The summed E-state index contributed by atoms with van der Waals surface area (Å²) in [5.41, 5.74) is 1.90. The summed E-state index contributed by atoms with van der Waals surface area (Å²) < 4.78 is 0. The highest BCUT2D eigenvalue weighted by molar-refractivity contribution is 5.97. The van der Waals surface area contributed by atoms with Crippen LogP contribution in [0.5, 0.6) is 0 Å². The number of rotatable bonds is 4. The third-order valence-corrected chi connectivity index (χ3v) is 7.35. The molecule has 0 spiro atoms. The summed E-state index contributed by atoms with van der Waals surface area (Å²) in [4.78, 5) is 57.2. The highest BCUT2D eigenvalue weighted by atomic mass is 16.2. The van der Waals surface area contributed by atoms with Crippen molar-refractivity contribution in [3.05, 3.63) is 83.9 Å².